The summed E-state index contributed by atoms with van der Waals surface area (Å²) >= 11 is 5.87. The van der Waals surface area contributed by atoms with E-state index in [1.54, 1.807) is 13.2 Å². The molecule has 0 N–H and O–H groups in total. The molecule has 4 heteroatoms. The average molecular weight is 229 g/mol. The molecule has 3 nitrogen and oxygen atoms in total. The van der Waals surface area contributed by atoms with Gasteiger partial charge in [-0.2, -0.15) is 0 Å². The molecule has 0 radical (unpaired) electrons. The molecule has 15 heavy (non-hydrogen) atoms. The molecule has 0 saturated carbocycles. The zero-order valence-corrected chi connectivity index (χ0v) is 9.50. The van der Waals surface area contributed by atoms with Gasteiger partial charge in [-0.1, -0.05) is 17.7 Å². The highest BCUT2D eigenvalue weighted by molar-refractivity contribution is 6.32. The predicted molar refractivity (Wildman–Crippen MR) is 58.3 cm³/mol. The van der Waals surface area contributed by atoms with Crippen LogP contribution in [0.1, 0.15) is 12.0 Å². The monoisotopic (exact) mass is 228 g/mol. The van der Waals surface area contributed by atoms with Gasteiger partial charge in [0.25, 0.3) is 0 Å². The summed E-state index contributed by atoms with van der Waals surface area (Å²) in [4.78, 5) is 10.9. The van der Waals surface area contributed by atoms with E-state index in [1.165, 1.54) is 7.11 Å². The van der Waals surface area contributed by atoms with Crippen LogP contribution in [0.5, 0.6) is 5.75 Å². The first-order valence-corrected chi connectivity index (χ1v) is 4.94. The number of carbonyl (C=O) groups is 1. The molecule has 82 valence electrons. The number of hydrogen-bond acceptors (Lipinski definition) is 3. The Morgan fingerprint density at radius 2 is 2.13 bits per heavy atom. The second-order valence-electron chi connectivity index (χ2n) is 3.05. The largest absolute Gasteiger partial charge is 0.495 e. The van der Waals surface area contributed by atoms with Gasteiger partial charge in [0.05, 0.1) is 19.2 Å². The van der Waals surface area contributed by atoms with Crippen LogP contribution in [0.4, 0.5) is 0 Å². The van der Waals surface area contributed by atoms with Gasteiger partial charge in [-0.25, -0.2) is 0 Å². The highest BCUT2D eigenvalue weighted by Crippen LogP contribution is 2.25. The Balaban J connectivity index is 2.66. The average Bonchev–Trinajstić information content (AvgIpc) is 2.27. The molecular formula is C11H13ClO3. The molecule has 1 aromatic rings. The van der Waals surface area contributed by atoms with Crippen LogP contribution in [0.2, 0.25) is 5.02 Å². The van der Waals surface area contributed by atoms with Crippen molar-refractivity contribution in [1.82, 2.24) is 0 Å². The SMILES string of the molecule is COC(=O)CCc1ccc(Cl)c(OC)c1. The summed E-state index contributed by atoms with van der Waals surface area (Å²) in [6.45, 7) is 0. The lowest BCUT2D eigenvalue weighted by Crippen LogP contribution is -2.01. The quantitative estimate of drug-likeness (QED) is 0.743. The van der Waals surface area contributed by atoms with Crippen LogP contribution >= 0.6 is 11.6 Å². The third kappa shape index (κ3) is 3.44. The molecule has 0 spiro atoms. The van der Waals surface area contributed by atoms with Gasteiger partial charge in [0, 0.05) is 6.42 Å². The summed E-state index contributed by atoms with van der Waals surface area (Å²) in [7, 11) is 2.94. The molecule has 0 aliphatic carbocycles. The van der Waals surface area contributed by atoms with Gasteiger partial charge in [-0.05, 0) is 24.1 Å². The molecule has 0 heterocycles. The molecule has 0 unspecified atom stereocenters. The van der Waals surface area contributed by atoms with Crippen molar-refractivity contribution in [3.63, 3.8) is 0 Å². The molecule has 0 aromatic heterocycles. The van der Waals surface area contributed by atoms with Crippen molar-refractivity contribution in [3.05, 3.63) is 28.8 Å². The zero-order valence-electron chi connectivity index (χ0n) is 8.75. The molecule has 0 aliphatic heterocycles. The van der Waals surface area contributed by atoms with E-state index in [1.807, 2.05) is 12.1 Å². The summed E-state index contributed by atoms with van der Waals surface area (Å²) in [6.07, 6.45) is 0.988. The second-order valence-corrected chi connectivity index (χ2v) is 3.45. The number of methoxy groups -OCH3 is 2. The third-order valence-electron chi connectivity index (χ3n) is 2.06. The molecule has 0 saturated heterocycles. The first-order valence-electron chi connectivity index (χ1n) is 4.56. The molecule has 0 fully saturated rings. The molecule has 0 atom stereocenters. The highest BCUT2D eigenvalue weighted by Gasteiger charge is 2.04. The maximum atomic E-state index is 10.9. The van der Waals surface area contributed by atoms with E-state index in [9.17, 15) is 4.79 Å². The Morgan fingerprint density at radius 1 is 1.40 bits per heavy atom. The standard InChI is InChI=1S/C11H13ClO3/c1-14-10-7-8(3-5-9(10)12)4-6-11(13)15-2/h3,5,7H,4,6H2,1-2H3. The van der Waals surface area contributed by atoms with Crippen molar-refractivity contribution in [3.8, 4) is 5.75 Å². The summed E-state index contributed by atoms with van der Waals surface area (Å²) in [6, 6.07) is 5.45. The van der Waals surface area contributed by atoms with Crippen LogP contribution < -0.4 is 4.74 Å². The number of ether oxygens (including phenoxy) is 2. The van der Waals surface area contributed by atoms with E-state index in [4.69, 9.17) is 16.3 Å². The summed E-state index contributed by atoms with van der Waals surface area (Å²) in [5.41, 5.74) is 1.00. The van der Waals surface area contributed by atoms with Crippen LogP contribution in [0.25, 0.3) is 0 Å². The van der Waals surface area contributed by atoms with Crippen molar-refractivity contribution in [2.75, 3.05) is 14.2 Å². The van der Waals surface area contributed by atoms with Crippen molar-refractivity contribution in [2.24, 2.45) is 0 Å². The fraction of sp³-hybridized carbons (Fsp3) is 0.364. The van der Waals surface area contributed by atoms with Gasteiger partial charge in [0.1, 0.15) is 5.75 Å². The number of halogens is 1. The van der Waals surface area contributed by atoms with Gasteiger partial charge in [-0.3, -0.25) is 4.79 Å². The lowest BCUT2D eigenvalue weighted by atomic mass is 10.1. The van der Waals surface area contributed by atoms with Crippen LogP contribution in [0.3, 0.4) is 0 Å². The van der Waals surface area contributed by atoms with Gasteiger partial charge in [0.2, 0.25) is 0 Å². The second kappa shape index (κ2) is 5.61. The smallest absolute Gasteiger partial charge is 0.305 e. The topological polar surface area (TPSA) is 35.5 Å². The van der Waals surface area contributed by atoms with E-state index in [-0.39, 0.29) is 5.97 Å². The number of carbonyl (C=O) groups excluding carboxylic acids is 1. The number of aryl methyl sites for hydroxylation is 1. The highest BCUT2D eigenvalue weighted by atomic mass is 35.5. The first-order chi connectivity index (χ1) is 7.17. The van der Waals surface area contributed by atoms with Gasteiger partial charge < -0.3 is 9.47 Å². The van der Waals surface area contributed by atoms with Crippen molar-refractivity contribution in [2.45, 2.75) is 12.8 Å². The Labute approximate surface area is 93.9 Å². The minimum absolute atomic E-state index is 0.219. The Hall–Kier alpha value is -1.22. The normalized spacial score (nSPS) is 9.80. The zero-order chi connectivity index (χ0) is 11.3. The summed E-state index contributed by atoms with van der Waals surface area (Å²) in [5.74, 6) is 0.406. The van der Waals surface area contributed by atoms with E-state index in [0.717, 1.165) is 5.56 Å². The van der Waals surface area contributed by atoms with E-state index in [2.05, 4.69) is 4.74 Å². The number of benzene rings is 1. The van der Waals surface area contributed by atoms with Crippen LogP contribution in [-0.2, 0) is 16.0 Å². The number of rotatable bonds is 4. The lowest BCUT2D eigenvalue weighted by Gasteiger charge is -2.05. The Morgan fingerprint density at radius 3 is 2.73 bits per heavy atom. The van der Waals surface area contributed by atoms with Gasteiger partial charge in [-0.15, -0.1) is 0 Å². The summed E-state index contributed by atoms with van der Waals surface area (Å²) in [5, 5.41) is 0.569. The minimum atomic E-state index is -0.219. The Kier molecular flexibility index (Phi) is 4.43. The fourth-order valence-electron chi connectivity index (χ4n) is 1.21. The third-order valence-corrected chi connectivity index (χ3v) is 2.37. The maximum absolute atomic E-state index is 10.9. The van der Waals surface area contributed by atoms with Gasteiger partial charge in [0.15, 0.2) is 0 Å². The maximum Gasteiger partial charge on any atom is 0.305 e. The molecule has 0 bridgehead atoms. The molecule has 0 amide bonds. The van der Waals surface area contributed by atoms with Crippen LogP contribution in [0, 0.1) is 0 Å². The molecule has 0 aliphatic rings. The van der Waals surface area contributed by atoms with Crippen molar-refractivity contribution < 1.29 is 14.3 Å². The fourth-order valence-corrected chi connectivity index (χ4v) is 1.40. The number of esters is 1. The molecule has 1 rings (SSSR count). The number of hydrogen-bond donors (Lipinski definition) is 0. The van der Waals surface area contributed by atoms with Crippen molar-refractivity contribution >= 4 is 17.6 Å². The van der Waals surface area contributed by atoms with Gasteiger partial charge >= 0.3 is 5.97 Å². The summed E-state index contributed by atoms with van der Waals surface area (Å²) < 4.78 is 9.63. The van der Waals surface area contributed by atoms with Crippen molar-refractivity contribution in [1.29, 1.82) is 0 Å². The Bertz CT molecular complexity index is 350. The minimum Gasteiger partial charge on any atom is -0.495 e. The van der Waals surface area contributed by atoms with E-state index >= 15 is 0 Å². The van der Waals surface area contributed by atoms with E-state index < -0.39 is 0 Å². The molecule has 1 aromatic carbocycles. The predicted octanol–water partition coefficient (Wildman–Crippen LogP) is 2.45. The van der Waals surface area contributed by atoms with Crippen LogP contribution in [-0.4, -0.2) is 20.2 Å². The first kappa shape index (κ1) is 11.9. The lowest BCUT2D eigenvalue weighted by molar-refractivity contribution is -0.140. The van der Waals surface area contributed by atoms with E-state index in [0.29, 0.717) is 23.6 Å². The van der Waals surface area contributed by atoms with Crippen LogP contribution in [0.15, 0.2) is 18.2 Å². The molecular weight excluding hydrogens is 216 g/mol.